The highest BCUT2D eigenvalue weighted by molar-refractivity contribution is 5.75. The number of rotatable bonds is 3. The minimum atomic E-state index is -0.0769. The van der Waals surface area contributed by atoms with Crippen LogP contribution in [-0.4, -0.2) is 30.4 Å². The lowest BCUT2D eigenvalue weighted by atomic mass is 10.2. The Morgan fingerprint density at radius 2 is 2.30 bits per heavy atom. The molecule has 1 heterocycles. The number of hydrazine groups is 1. The van der Waals surface area contributed by atoms with Gasteiger partial charge in [-0.25, -0.2) is 5.84 Å². The summed E-state index contributed by atoms with van der Waals surface area (Å²) in [6.45, 7) is 3.12. The molecule has 4 nitrogen and oxygen atoms in total. The number of carbonyl (C=O) groups excluding carboxylic acids is 1. The molecular weight excluding hydrogens is 130 g/mol. The van der Waals surface area contributed by atoms with Gasteiger partial charge < -0.3 is 4.90 Å². The van der Waals surface area contributed by atoms with Crippen LogP contribution in [0.25, 0.3) is 0 Å². The van der Waals surface area contributed by atoms with Crippen molar-refractivity contribution in [2.24, 2.45) is 5.84 Å². The second-order valence-electron chi connectivity index (χ2n) is 2.51. The van der Waals surface area contributed by atoms with Gasteiger partial charge in [0.05, 0.1) is 0 Å². The first-order valence-corrected chi connectivity index (χ1v) is 3.55. The number of nitrogens with one attached hydrogen (secondary N) is 1. The molecule has 1 saturated heterocycles. The van der Waals surface area contributed by atoms with Crippen LogP contribution in [0.2, 0.25) is 0 Å². The van der Waals surface area contributed by atoms with Gasteiger partial charge in [0.1, 0.15) is 0 Å². The summed E-state index contributed by atoms with van der Waals surface area (Å²) in [5, 5.41) is 0. The zero-order valence-electron chi connectivity index (χ0n) is 5.97. The number of carbonyl (C=O) groups is 1. The fourth-order valence-electron chi connectivity index (χ4n) is 0.937. The van der Waals surface area contributed by atoms with Crippen molar-refractivity contribution in [1.29, 1.82) is 0 Å². The molecule has 4 heteroatoms. The Hall–Kier alpha value is -0.610. The largest absolute Gasteiger partial charge is 0.303 e. The van der Waals surface area contributed by atoms with Crippen molar-refractivity contribution in [2.45, 2.75) is 12.8 Å². The van der Waals surface area contributed by atoms with E-state index in [2.05, 4.69) is 10.3 Å². The van der Waals surface area contributed by atoms with Gasteiger partial charge in [-0.15, -0.1) is 0 Å². The normalized spacial score (nSPS) is 18.1. The first-order valence-electron chi connectivity index (χ1n) is 3.55. The third kappa shape index (κ3) is 1.97. The van der Waals surface area contributed by atoms with E-state index in [1.807, 2.05) is 0 Å². The van der Waals surface area contributed by atoms with Crippen LogP contribution in [-0.2, 0) is 4.79 Å². The summed E-state index contributed by atoms with van der Waals surface area (Å²) < 4.78 is 0. The van der Waals surface area contributed by atoms with E-state index in [1.54, 1.807) is 0 Å². The number of amides is 1. The van der Waals surface area contributed by atoms with E-state index in [4.69, 9.17) is 5.84 Å². The van der Waals surface area contributed by atoms with Crippen LogP contribution < -0.4 is 11.3 Å². The third-order valence-electron chi connectivity index (χ3n) is 1.76. The van der Waals surface area contributed by atoms with Gasteiger partial charge in [0.25, 0.3) is 0 Å². The Morgan fingerprint density at radius 1 is 1.60 bits per heavy atom. The second kappa shape index (κ2) is 3.53. The molecule has 0 atom stereocenters. The second-order valence-corrected chi connectivity index (χ2v) is 2.51. The molecule has 0 saturated carbocycles. The van der Waals surface area contributed by atoms with Gasteiger partial charge >= 0.3 is 0 Å². The van der Waals surface area contributed by atoms with Crippen molar-refractivity contribution in [3.8, 4) is 0 Å². The van der Waals surface area contributed by atoms with Crippen LogP contribution in [0, 0.1) is 0 Å². The van der Waals surface area contributed by atoms with Crippen molar-refractivity contribution >= 4 is 5.91 Å². The number of likely N-dealkylation sites (tertiary alicyclic amines) is 1. The Balaban J connectivity index is 1.98. The average Bonchev–Trinajstić information content (AvgIpc) is 1.84. The zero-order valence-corrected chi connectivity index (χ0v) is 5.97. The first-order chi connectivity index (χ1) is 4.83. The van der Waals surface area contributed by atoms with E-state index >= 15 is 0 Å². The van der Waals surface area contributed by atoms with E-state index in [1.165, 1.54) is 6.42 Å². The fourth-order valence-corrected chi connectivity index (χ4v) is 0.937. The molecule has 3 N–H and O–H groups in total. The predicted octanol–water partition coefficient (Wildman–Crippen LogP) is -0.928. The van der Waals surface area contributed by atoms with Crippen LogP contribution in [0.3, 0.4) is 0 Å². The molecule has 0 bridgehead atoms. The highest BCUT2D eigenvalue weighted by Gasteiger charge is 2.13. The molecule has 0 radical (unpaired) electrons. The van der Waals surface area contributed by atoms with Crippen LogP contribution in [0.15, 0.2) is 0 Å². The van der Waals surface area contributed by atoms with Crippen LogP contribution >= 0.6 is 0 Å². The Morgan fingerprint density at radius 3 is 2.70 bits per heavy atom. The van der Waals surface area contributed by atoms with Crippen molar-refractivity contribution in [3.63, 3.8) is 0 Å². The van der Waals surface area contributed by atoms with E-state index < -0.39 is 0 Å². The number of nitrogens with two attached hydrogens (primary N) is 1. The zero-order chi connectivity index (χ0) is 7.40. The molecule has 0 unspecified atom stereocenters. The maximum absolute atomic E-state index is 10.6. The van der Waals surface area contributed by atoms with Crippen molar-refractivity contribution in [3.05, 3.63) is 0 Å². The van der Waals surface area contributed by atoms with Gasteiger partial charge in [-0.05, 0) is 19.5 Å². The molecule has 1 aliphatic heterocycles. The lowest BCUT2D eigenvalue weighted by molar-refractivity contribution is -0.121. The Kier molecular flexibility index (Phi) is 2.65. The van der Waals surface area contributed by atoms with Gasteiger partial charge in [-0.2, -0.15) is 0 Å². The lowest BCUT2D eigenvalue weighted by Crippen LogP contribution is -2.40. The molecule has 1 amide bonds. The lowest BCUT2D eigenvalue weighted by Gasteiger charge is -2.30. The van der Waals surface area contributed by atoms with Crippen LogP contribution in [0.4, 0.5) is 0 Å². The molecule has 0 spiro atoms. The molecule has 58 valence electrons. The highest BCUT2D eigenvalue weighted by Crippen LogP contribution is 2.04. The highest BCUT2D eigenvalue weighted by atomic mass is 16.2. The maximum Gasteiger partial charge on any atom is 0.235 e. The van der Waals surface area contributed by atoms with Gasteiger partial charge in [0, 0.05) is 13.0 Å². The van der Waals surface area contributed by atoms with Crippen molar-refractivity contribution in [1.82, 2.24) is 10.3 Å². The molecule has 1 rings (SSSR count). The summed E-state index contributed by atoms with van der Waals surface area (Å²) in [6.07, 6.45) is 1.79. The van der Waals surface area contributed by atoms with Crippen molar-refractivity contribution < 1.29 is 4.79 Å². The van der Waals surface area contributed by atoms with E-state index in [0.29, 0.717) is 6.42 Å². The molecule has 10 heavy (non-hydrogen) atoms. The van der Waals surface area contributed by atoms with Gasteiger partial charge in [0.2, 0.25) is 5.91 Å². The Bertz CT molecular complexity index is 122. The summed E-state index contributed by atoms with van der Waals surface area (Å²) in [6, 6.07) is 0. The van der Waals surface area contributed by atoms with E-state index in [9.17, 15) is 4.79 Å². The fraction of sp³-hybridized carbons (Fsp3) is 0.833. The maximum atomic E-state index is 10.6. The summed E-state index contributed by atoms with van der Waals surface area (Å²) in [5.74, 6) is 4.82. The molecular formula is C6H13N3O. The first kappa shape index (κ1) is 7.50. The molecule has 1 fully saturated rings. The molecule has 1 aliphatic rings. The van der Waals surface area contributed by atoms with Crippen LogP contribution in [0.1, 0.15) is 12.8 Å². The molecule has 0 aromatic heterocycles. The summed E-state index contributed by atoms with van der Waals surface area (Å²) in [4.78, 5) is 12.8. The summed E-state index contributed by atoms with van der Waals surface area (Å²) in [7, 11) is 0. The monoisotopic (exact) mass is 143 g/mol. The average molecular weight is 143 g/mol. The van der Waals surface area contributed by atoms with E-state index in [-0.39, 0.29) is 5.91 Å². The van der Waals surface area contributed by atoms with Crippen LogP contribution in [0.5, 0.6) is 0 Å². The van der Waals surface area contributed by atoms with E-state index in [0.717, 1.165) is 19.6 Å². The topological polar surface area (TPSA) is 58.4 Å². The number of hydrogen-bond donors (Lipinski definition) is 2. The number of nitrogens with zero attached hydrogens (tertiary/aromatic N) is 1. The van der Waals surface area contributed by atoms with Gasteiger partial charge in [-0.3, -0.25) is 10.2 Å². The Labute approximate surface area is 60.3 Å². The standard InChI is InChI=1S/C6H13N3O/c7-8-6(10)2-5-9-3-1-4-9/h1-5,7H2,(H,8,10). The van der Waals surface area contributed by atoms with Gasteiger partial charge in [-0.1, -0.05) is 0 Å². The molecule has 0 aromatic rings. The minimum absolute atomic E-state index is 0.0769. The number of hydrogen-bond acceptors (Lipinski definition) is 3. The quantitative estimate of drug-likeness (QED) is 0.305. The minimum Gasteiger partial charge on any atom is -0.303 e. The molecule has 0 aliphatic carbocycles. The van der Waals surface area contributed by atoms with Crippen molar-refractivity contribution in [2.75, 3.05) is 19.6 Å². The third-order valence-corrected chi connectivity index (χ3v) is 1.76. The van der Waals surface area contributed by atoms with Gasteiger partial charge in [0.15, 0.2) is 0 Å². The smallest absolute Gasteiger partial charge is 0.235 e. The summed E-state index contributed by atoms with van der Waals surface area (Å²) >= 11 is 0. The summed E-state index contributed by atoms with van der Waals surface area (Å²) in [5.41, 5.74) is 2.10. The predicted molar refractivity (Wildman–Crippen MR) is 38.0 cm³/mol. The SMILES string of the molecule is NNC(=O)CCN1CCC1. The molecule has 0 aromatic carbocycles.